The maximum atomic E-state index is 12.8. The van der Waals surface area contributed by atoms with Gasteiger partial charge in [0, 0.05) is 19.8 Å². The zero-order chi connectivity index (χ0) is 24.9. The molecule has 1 aromatic rings. The lowest BCUT2D eigenvalue weighted by Crippen LogP contribution is -2.30. The van der Waals surface area contributed by atoms with Crippen molar-refractivity contribution >= 4 is 19.5 Å². The Balaban J connectivity index is 2.47. The molecule has 1 aliphatic rings. The molecule has 0 radical (unpaired) electrons. The largest absolute Gasteiger partial charge is 0.467 e. The van der Waals surface area contributed by atoms with Crippen LogP contribution in [0.25, 0.3) is 6.08 Å². The Kier molecular flexibility index (Phi) is 9.49. The van der Waals surface area contributed by atoms with E-state index in [0.29, 0.717) is 13.2 Å². The van der Waals surface area contributed by atoms with E-state index in [1.165, 1.54) is 19.9 Å². The van der Waals surface area contributed by atoms with Crippen LogP contribution in [0, 0.1) is 0 Å². The van der Waals surface area contributed by atoms with E-state index < -0.39 is 18.5 Å². The Bertz CT molecular complexity index is 912. The minimum Gasteiger partial charge on any atom is -0.467 e. The molecule has 1 N–H and O–H groups in total. The van der Waals surface area contributed by atoms with E-state index in [-0.39, 0.29) is 12.2 Å². The van der Waals surface area contributed by atoms with Gasteiger partial charge in [0.2, 0.25) is 0 Å². The van der Waals surface area contributed by atoms with Gasteiger partial charge in [0.05, 0.1) is 13.2 Å². The maximum absolute atomic E-state index is 12.8. The maximum Gasteiger partial charge on any atom is 0.341 e. The number of ketones is 1. The average molecular weight is 483 g/mol. The van der Waals surface area contributed by atoms with Gasteiger partial charge >= 0.3 is 7.60 Å². The minimum absolute atomic E-state index is 0.142. The van der Waals surface area contributed by atoms with Gasteiger partial charge in [-0.3, -0.25) is 9.36 Å². The lowest BCUT2D eigenvalue weighted by atomic mass is 9.78. The Morgan fingerprint density at radius 1 is 1.09 bits per heavy atom. The van der Waals surface area contributed by atoms with Gasteiger partial charge in [-0.15, -0.1) is 0 Å². The van der Waals surface area contributed by atoms with E-state index in [1.54, 1.807) is 13.2 Å². The van der Waals surface area contributed by atoms with Crippen LogP contribution < -0.4 is 4.74 Å². The second-order valence-corrected chi connectivity index (χ2v) is 12.4. The summed E-state index contributed by atoms with van der Waals surface area (Å²) in [5, 5.41) is -1.53. The molecule has 1 aromatic carbocycles. The van der Waals surface area contributed by atoms with Gasteiger partial charge in [0.1, 0.15) is 10.9 Å². The molecule has 8 heteroatoms. The molecule has 1 atom stereocenters. The van der Waals surface area contributed by atoms with Crippen LogP contribution in [0.1, 0.15) is 69.7 Å². The van der Waals surface area contributed by atoms with Crippen LogP contribution in [0.2, 0.25) is 0 Å². The standard InChI is InChI=1S/C25H39O7P/c1-24(2,3)21-16-18(12-13-22(26)25(4,5)33(27,28)30-7)19-10-8-9-11-20(19)23(21)32-17-31-15-14-29-6/h12-13,16H,8-11,14-15,17H2,1-7H3,(H,27,28). The molecule has 33 heavy (non-hydrogen) atoms. The number of carbonyl (C=O) groups is 1. The van der Waals surface area contributed by atoms with Gasteiger partial charge in [-0.05, 0) is 73.8 Å². The van der Waals surface area contributed by atoms with Crippen LogP contribution in [0.4, 0.5) is 0 Å². The van der Waals surface area contributed by atoms with Gasteiger partial charge in [-0.1, -0.05) is 26.8 Å². The van der Waals surface area contributed by atoms with Crippen molar-refractivity contribution in [2.24, 2.45) is 0 Å². The van der Waals surface area contributed by atoms with Crippen molar-refractivity contribution in [2.45, 2.75) is 70.9 Å². The first-order valence-corrected chi connectivity index (χ1v) is 12.9. The number of fused-ring (bicyclic) bond motifs is 1. The third kappa shape index (κ3) is 6.55. The number of rotatable bonds is 11. The fourth-order valence-corrected chi connectivity index (χ4v) is 4.66. The van der Waals surface area contributed by atoms with Crippen molar-refractivity contribution in [3.63, 3.8) is 0 Å². The average Bonchev–Trinajstić information content (AvgIpc) is 2.76. The predicted molar refractivity (Wildman–Crippen MR) is 130 cm³/mol. The summed E-state index contributed by atoms with van der Waals surface area (Å²) in [6.07, 6.45) is 7.06. The number of ether oxygens (including phenoxy) is 3. The summed E-state index contributed by atoms with van der Waals surface area (Å²) in [5.74, 6) is 0.404. The Morgan fingerprint density at radius 3 is 2.30 bits per heavy atom. The molecule has 0 amide bonds. The molecule has 0 spiro atoms. The Hall–Kier alpha value is -1.50. The molecule has 7 nitrogen and oxygen atoms in total. The molecule has 0 saturated heterocycles. The number of carbonyl (C=O) groups excluding carboxylic acids is 1. The first kappa shape index (κ1) is 27.7. The van der Waals surface area contributed by atoms with Crippen LogP contribution >= 0.6 is 7.60 Å². The number of hydrogen-bond acceptors (Lipinski definition) is 6. The topological polar surface area (TPSA) is 91.3 Å². The van der Waals surface area contributed by atoms with Gasteiger partial charge in [-0.2, -0.15) is 0 Å². The summed E-state index contributed by atoms with van der Waals surface area (Å²) in [4.78, 5) is 22.9. The molecule has 0 fully saturated rings. The Morgan fingerprint density at radius 2 is 1.73 bits per heavy atom. The predicted octanol–water partition coefficient (Wildman–Crippen LogP) is 5.05. The smallest absolute Gasteiger partial charge is 0.341 e. The second-order valence-electron chi connectivity index (χ2n) is 9.88. The van der Waals surface area contributed by atoms with Crippen molar-refractivity contribution in [1.29, 1.82) is 0 Å². The van der Waals surface area contributed by atoms with Crippen LogP contribution in [-0.4, -0.2) is 50.1 Å². The van der Waals surface area contributed by atoms with Crippen molar-refractivity contribution in [3.05, 3.63) is 34.4 Å². The zero-order valence-electron chi connectivity index (χ0n) is 21.0. The lowest BCUT2D eigenvalue weighted by molar-refractivity contribution is -0.116. The van der Waals surface area contributed by atoms with Crippen LogP contribution in [0.15, 0.2) is 12.1 Å². The highest BCUT2D eigenvalue weighted by atomic mass is 31.2. The van der Waals surface area contributed by atoms with E-state index in [9.17, 15) is 14.3 Å². The molecular weight excluding hydrogens is 443 g/mol. The van der Waals surface area contributed by atoms with Gasteiger partial charge in [0.15, 0.2) is 12.6 Å². The normalized spacial score (nSPS) is 16.5. The molecular formula is C25H39O7P. The van der Waals surface area contributed by atoms with Crippen molar-refractivity contribution < 1.29 is 33.0 Å². The van der Waals surface area contributed by atoms with E-state index in [1.807, 2.05) is 0 Å². The van der Waals surface area contributed by atoms with Crippen molar-refractivity contribution in [1.82, 2.24) is 0 Å². The van der Waals surface area contributed by atoms with E-state index in [4.69, 9.17) is 18.7 Å². The highest BCUT2D eigenvalue weighted by molar-refractivity contribution is 7.55. The highest BCUT2D eigenvalue weighted by Crippen LogP contribution is 2.55. The first-order chi connectivity index (χ1) is 15.4. The van der Waals surface area contributed by atoms with Crippen LogP contribution in [0.5, 0.6) is 5.75 Å². The summed E-state index contributed by atoms with van der Waals surface area (Å²) in [6, 6.07) is 2.07. The third-order valence-electron chi connectivity index (χ3n) is 6.13. The number of hydrogen-bond donors (Lipinski definition) is 1. The molecule has 0 bridgehead atoms. The molecule has 0 aromatic heterocycles. The minimum atomic E-state index is -4.09. The summed E-state index contributed by atoms with van der Waals surface area (Å²) in [5.41, 5.74) is 4.09. The van der Waals surface area contributed by atoms with Crippen molar-refractivity contribution in [2.75, 3.05) is 34.2 Å². The van der Waals surface area contributed by atoms with Crippen LogP contribution in [0.3, 0.4) is 0 Å². The third-order valence-corrected chi connectivity index (χ3v) is 8.26. The van der Waals surface area contributed by atoms with Crippen molar-refractivity contribution in [3.8, 4) is 5.75 Å². The molecule has 1 unspecified atom stereocenters. The summed E-state index contributed by atoms with van der Waals surface area (Å²) < 4.78 is 33.8. The second kappa shape index (κ2) is 11.3. The number of allylic oxidation sites excluding steroid dienone is 1. The lowest BCUT2D eigenvalue weighted by Gasteiger charge is -2.30. The Labute approximate surface area is 198 Å². The van der Waals surface area contributed by atoms with Gasteiger partial charge in [-0.25, -0.2) is 0 Å². The summed E-state index contributed by atoms with van der Waals surface area (Å²) in [7, 11) is -1.31. The molecule has 1 aliphatic carbocycles. The molecule has 186 valence electrons. The van der Waals surface area contributed by atoms with E-state index >= 15 is 0 Å². The molecule has 0 saturated carbocycles. The number of methoxy groups -OCH3 is 1. The van der Waals surface area contributed by atoms with Gasteiger partial charge < -0.3 is 23.6 Å². The highest BCUT2D eigenvalue weighted by Gasteiger charge is 2.45. The van der Waals surface area contributed by atoms with Gasteiger partial charge in [0.25, 0.3) is 0 Å². The van der Waals surface area contributed by atoms with E-state index in [0.717, 1.165) is 60.8 Å². The summed E-state index contributed by atoms with van der Waals surface area (Å²) in [6.45, 7) is 10.3. The van der Waals surface area contributed by atoms with Crippen LogP contribution in [-0.2, 0) is 41.6 Å². The molecule has 2 rings (SSSR count). The summed E-state index contributed by atoms with van der Waals surface area (Å²) >= 11 is 0. The SMILES string of the molecule is COCCOCOc1c(C(C)(C)C)cc(C=CC(=O)C(C)(C)P(=O)(O)OC)c2c1CCCC2. The molecule has 0 aliphatic heterocycles. The fraction of sp³-hybridized carbons (Fsp3) is 0.640. The monoisotopic (exact) mass is 482 g/mol. The number of benzene rings is 1. The quantitative estimate of drug-likeness (QED) is 0.204. The zero-order valence-corrected chi connectivity index (χ0v) is 21.9. The van der Waals surface area contributed by atoms with E-state index in [2.05, 4.69) is 26.8 Å². The fourth-order valence-electron chi connectivity index (χ4n) is 3.85. The molecule has 0 heterocycles. The first-order valence-electron chi connectivity index (χ1n) is 11.4.